The highest BCUT2D eigenvalue weighted by atomic mass is 32.1. The molecule has 1 aromatic carbocycles. The maximum atomic E-state index is 5.86. The molecule has 0 spiro atoms. The van der Waals surface area contributed by atoms with E-state index >= 15 is 0 Å². The molecule has 2 aromatic heterocycles. The van der Waals surface area contributed by atoms with Crippen LogP contribution in [0.2, 0.25) is 0 Å². The van der Waals surface area contributed by atoms with Gasteiger partial charge in [0.15, 0.2) is 5.11 Å². The lowest BCUT2D eigenvalue weighted by molar-refractivity contribution is 0.197. The number of hydrogen-bond acceptors (Lipinski definition) is 2. The number of rotatable bonds is 4. The van der Waals surface area contributed by atoms with E-state index in [-0.39, 0.29) is 12.1 Å². The predicted octanol–water partition coefficient (Wildman–Crippen LogP) is 5.18. The summed E-state index contributed by atoms with van der Waals surface area (Å²) in [4.78, 5) is 7.13. The molecular weight excluding hydrogens is 376 g/mol. The van der Waals surface area contributed by atoms with Crippen molar-refractivity contribution in [1.29, 1.82) is 0 Å². The monoisotopic (exact) mass is 402 g/mol. The van der Waals surface area contributed by atoms with Gasteiger partial charge in [-0.3, -0.25) is 4.98 Å². The Bertz CT molecular complexity index is 963. The highest BCUT2D eigenvalue weighted by Crippen LogP contribution is 2.42. The van der Waals surface area contributed by atoms with E-state index in [9.17, 15) is 0 Å². The zero-order valence-corrected chi connectivity index (χ0v) is 17.3. The molecular formula is C24H26N4S. The Labute approximate surface area is 177 Å². The number of thiocarbonyl (C=S) groups is 1. The topological polar surface area (TPSA) is 33.1 Å². The van der Waals surface area contributed by atoms with Gasteiger partial charge in [-0.1, -0.05) is 43.5 Å². The van der Waals surface area contributed by atoms with Gasteiger partial charge in [-0.25, -0.2) is 0 Å². The van der Waals surface area contributed by atoms with Gasteiger partial charge in [-0.15, -0.1) is 0 Å². The molecule has 2 aliphatic rings. The van der Waals surface area contributed by atoms with Gasteiger partial charge in [-0.05, 0) is 61.0 Å². The molecule has 0 radical (unpaired) electrons. The van der Waals surface area contributed by atoms with Gasteiger partial charge < -0.3 is 14.8 Å². The van der Waals surface area contributed by atoms with Crippen molar-refractivity contribution in [2.45, 2.75) is 50.2 Å². The quantitative estimate of drug-likeness (QED) is 0.610. The Morgan fingerprint density at radius 2 is 1.72 bits per heavy atom. The molecule has 29 heavy (non-hydrogen) atoms. The number of nitrogens with zero attached hydrogens (tertiary/aromatic N) is 3. The largest absolute Gasteiger partial charge is 0.352 e. The van der Waals surface area contributed by atoms with Crippen LogP contribution in [0.15, 0.2) is 73.2 Å². The first-order valence-electron chi connectivity index (χ1n) is 10.5. The summed E-state index contributed by atoms with van der Waals surface area (Å²) in [6.07, 6.45) is 12.6. The molecule has 0 unspecified atom stereocenters. The van der Waals surface area contributed by atoms with Crippen molar-refractivity contribution < 1.29 is 0 Å². The Hall–Kier alpha value is -2.66. The van der Waals surface area contributed by atoms with Crippen LogP contribution in [-0.2, 0) is 0 Å². The van der Waals surface area contributed by atoms with Crippen molar-refractivity contribution in [2.75, 3.05) is 0 Å². The lowest BCUT2D eigenvalue weighted by Crippen LogP contribution is -2.40. The third-order valence-corrected chi connectivity index (χ3v) is 6.54. The zero-order valence-electron chi connectivity index (χ0n) is 16.4. The molecule has 0 amide bonds. The van der Waals surface area contributed by atoms with Crippen molar-refractivity contribution in [3.05, 3.63) is 84.4 Å². The van der Waals surface area contributed by atoms with Crippen LogP contribution >= 0.6 is 12.2 Å². The molecule has 4 nitrogen and oxygen atoms in total. The van der Waals surface area contributed by atoms with Gasteiger partial charge in [-0.2, -0.15) is 0 Å². The Balaban J connectivity index is 1.54. The number of hydrogen-bond donors (Lipinski definition) is 1. The van der Waals surface area contributed by atoms with E-state index in [1.54, 1.807) is 0 Å². The van der Waals surface area contributed by atoms with Gasteiger partial charge in [0.05, 0.1) is 17.8 Å². The van der Waals surface area contributed by atoms with Gasteiger partial charge in [0.2, 0.25) is 0 Å². The van der Waals surface area contributed by atoms with Crippen molar-refractivity contribution in [3.63, 3.8) is 0 Å². The molecule has 1 saturated carbocycles. The summed E-state index contributed by atoms with van der Waals surface area (Å²) in [7, 11) is 0. The van der Waals surface area contributed by atoms with Gasteiger partial charge >= 0.3 is 0 Å². The predicted molar refractivity (Wildman–Crippen MR) is 120 cm³/mol. The van der Waals surface area contributed by atoms with Gasteiger partial charge in [0.25, 0.3) is 0 Å². The van der Waals surface area contributed by atoms with E-state index in [2.05, 4.69) is 80.7 Å². The first-order valence-corrected chi connectivity index (χ1v) is 11.0. The number of aromatic nitrogens is 2. The first kappa shape index (κ1) is 18.4. The summed E-state index contributed by atoms with van der Waals surface area (Å²) in [6.45, 7) is 0. The number of benzene rings is 1. The van der Waals surface area contributed by atoms with Crippen LogP contribution in [0.5, 0.6) is 0 Å². The van der Waals surface area contributed by atoms with E-state index in [0.29, 0.717) is 6.04 Å². The van der Waals surface area contributed by atoms with Crippen LogP contribution < -0.4 is 5.32 Å². The van der Waals surface area contributed by atoms with Gasteiger partial charge in [0, 0.05) is 30.3 Å². The highest BCUT2D eigenvalue weighted by Gasteiger charge is 2.43. The third kappa shape index (κ3) is 3.55. The van der Waals surface area contributed by atoms with Crippen LogP contribution in [-0.4, -0.2) is 25.6 Å². The lowest BCUT2D eigenvalue weighted by Gasteiger charge is -2.36. The minimum atomic E-state index is 0.0669. The fraction of sp³-hybridized carbons (Fsp3) is 0.333. The second-order valence-corrected chi connectivity index (χ2v) is 8.40. The molecule has 1 N–H and O–H groups in total. The maximum absolute atomic E-state index is 5.86. The van der Waals surface area contributed by atoms with E-state index in [1.165, 1.54) is 43.4 Å². The molecule has 5 heteroatoms. The molecule has 0 bridgehead atoms. The van der Waals surface area contributed by atoms with E-state index < -0.39 is 0 Å². The summed E-state index contributed by atoms with van der Waals surface area (Å²) >= 11 is 5.86. The molecule has 1 aliphatic heterocycles. The van der Waals surface area contributed by atoms with Crippen molar-refractivity contribution in [2.24, 2.45) is 0 Å². The average molecular weight is 403 g/mol. The van der Waals surface area contributed by atoms with Crippen LogP contribution in [0.1, 0.15) is 55.4 Å². The van der Waals surface area contributed by atoms with Crippen molar-refractivity contribution in [1.82, 2.24) is 19.8 Å². The molecule has 1 saturated heterocycles. The van der Waals surface area contributed by atoms with Crippen molar-refractivity contribution >= 4 is 17.3 Å². The summed E-state index contributed by atoms with van der Waals surface area (Å²) in [5, 5.41) is 4.47. The molecule has 148 valence electrons. The Morgan fingerprint density at radius 1 is 0.931 bits per heavy atom. The van der Waals surface area contributed by atoms with Crippen LogP contribution in [0, 0.1) is 0 Å². The summed E-state index contributed by atoms with van der Waals surface area (Å²) in [5.74, 6) is 0. The highest BCUT2D eigenvalue weighted by molar-refractivity contribution is 7.80. The van der Waals surface area contributed by atoms with E-state index in [0.717, 1.165) is 10.8 Å². The smallest absolute Gasteiger partial charge is 0.170 e. The normalized spacial score (nSPS) is 22.6. The zero-order chi connectivity index (χ0) is 19.6. The standard InChI is InChI=1S/C24H26N4S/c29-24-26-22(21-13-7-8-15-25-21)23(28(24)20-11-5-2-6-12-20)18-14-16-27(17-18)19-9-3-1-4-10-19/h1,3-4,7-10,13-17,20,22-23H,2,5-6,11-12H2,(H,26,29)/t22-,23-/m0/s1. The Morgan fingerprint density at radius 3 is 2.48 bits per heavy atom. The maximum Gasteiger partial charge on any atom is 0.170 e. The SMILES string of the molecule is S=C1N[C@@H](c2ccccn2)[C@H](c2ccn(-c3ccccc3)c2)N1C1CCCCC1. The van der Waals surface area contributed by atoms with Crippen LogP contribution in [0.25, 0.3) is 5.69 Å². The Kier molecular flexibility index (Phi) is 5.06. The van der Waals surface area contributed by atoms with Gasteiger partial charge in [0.1, 0.15) is 0 Å². The minimum Gasteiger partial charge on any atom is -0.352 e. The van der Waals surface area contributed by atoms with Crippen molar-refractivity contribution in [3.8, 4) is 5.69 Å². The minimum absolute atomic E-state index is 0.0669. The molecule has 2 atom stereocenters. The molecule has 5 rings (SSSR count). The number of pyridine rings is 1. The fourth-order valence-electron chi connectivity index (χ4n) is 4.82. The third-order valence-electron chi connectivity index (χ3n) is 6.22. The molecule has 3 aromatic rings. The van der Waals surface area contributed by atoms with Crippen LogP contribution in [0.4, 0.5) is 0 Å². The number of nitrogens with one attached hydrogen (secondary N) is 1. The number of para-hydroxylation sites is 1. The summed E-state index contributed by atoms with van der Waals surface area (Å²) in [6, 6.07) is 19.6. The fourth-order valence-corrected chi connectivity index (χ4v) is 5.21. The second-order valence-electron chi connectivity index (χ2n) is 8.01. The van der Waals surface area contributed by atoms with E-state index in [4.69, 9.17) is 12.2 Å². The molecule has 1 aliphatic carbocycles. The second kappa shape index (κ2) is 7.99. The first-order chi connectivity index (χ1) is 14.3. The van der Waals surface area contributed by atoms with E-state index in [1.807, 2.05) is 12.3 Å². The summed E-state index contributed by atoms with van der Waals surface area (Å²) < 4.78 is 2.20. The molecule has 3 heterocycles. The van der Waals surface area contributed by atoms with Crippen LogP contribution in [0.3, 0.4) is 0 Å². The average Bonchev–Trinajstić information content (AvgIpc) is 3.40. The molecule has 2 fully saturated rings. The lowest BCUT2D eigenvalue weighted by atomic mass is 9.91. The summed E-state index contributed by atoms with van der Waals surface area (Å²) in [5.41, 5.74) is 3.50.